The zero-order valence-electron chi connectivity index (χ0n) is 12.6. The Balaban J connectivity index is 1.65. The van der Waals surface area contributed by atoms with Gasteiger partial charge >= 0.3 is 0 Å². The lowest BCUT2D eigenvalue weighted by atomic mass is 10.3. The zero-order chi connectivity index (χ0) is 15.5. The van der Waals surface area contributed by atoms with Gasteiger partial charge in [-0.25, -0.2) is 0 Å². The molecule has 0 spiro atoms. The highest BCUT2D eigenvalue weighted by atomic mass is 16.3. The third kappa shape index (κ3) is 2.90. The Morgan fingerprint density at radius 3 is 2.36 bits per heavy atom. The molecule has 0 saturated carbocycles. The fourth-order valence-corrected chi connectivity index (χ4v) is 2.69. The first-order valence-corrected chi connectivity index (χ1v) is 7.39. The maximum atomic E-state index is 12.5. The minimum absolute atomic E-state index is 0.0212. The molecule has 116 valence electrons. The maximum Gasteiger partial charge on any atom is 0.289 e. The van der Waals surface area contributed by atoms with Crippen molar-refractivity contribution in [2.45, 2.75) is 6.42 Å². The fourth-order valence-electron chi connectivity index (χ4n) is 2.69. The summed E-state index contributed by atoms with van der Waals surface area (Å²) in [7, 11) is 1.89. The Labute approximate surface area is 128 Å². The first-order valence-electron chi connectivity index (χ1n) is 7.39. The lowest BCUT2D eigenvalue weighted by Crippen LogP contribution is -2.37. The number of aromatic nitrogens is 1. The minimum atomic E-state index is -0.112. The van der Waals surface area contributed by atoms with Gasteiger partial charge in [-0.15, -0.1) is 0 Å². The Kier molecular flexibility index (Phi) is 4.00. The summed E-state index contributed by atoms with van der Waals surface area (Å²) in [5, 5.41) is 0. The maximum absolute atomic E-state index is 12.5. The second-order valence-corrected chi connectivity index (χ2v) is 5.48. The van der Waals surface area contributed by atoms with Gasteiger partial charge in [-0.2, -0.15) is 0 Å². The second-order valence-electron chi connectivity index (χ2n) is 5.48. The second kappa shape index (κ2) is 6.09. The Bertz CT molecular complexity index is 660. The molecule has 3 heterocycles. The molecule has 0 aliphatic carbocycles. The van der Waals surface area contributed by atoms with E-state index in [0.717, 1.165) is 6.42 Å². The number of nitrogens with zero attached hydrogens (tertiary/aromatic N) is 3. The summed E-state index contributed by atoms with van der Waals surface area (Å²) in [4.78, 5) is 28.3. The molecule has 0 atom stereocenters. The van der Waals surface area contributed by atoms with Crippen molar-refractivity contribution in [3.63, 3.8) is 0 Å². The molecule has 1 aliphatic heterocycles. The fraction of sp³-hybridized carbons (Fsp3) is 0.375. The van der Waals surface area contributed by atoms with E-state index in [4.69, 9.17) is 4.42 Å². The highest BCUT2D eigenvalue weighted by Crippen LogP contribution is 2.12. The van der Waals surface area contributed by atoms with Crippen molar-refractivity contribution in [1.82, 2.24) is 14.4 Å². The van der Waals surface area contributed by atoms with Gasteiger partial charge in [-0.05, 0) is 24.6 Å². The highest BCUT2D eigenvalue weighted by molar-refractivity contribution is 5.94. The van der Waals surface area contributed by atoms with Gasteiger partial charge in [0.05, 0.1) is 11.8 Å². The van der Waals surface area contributed by atoms with Crippen molar-refractivity contribution in [3.05, 3.63) is 48.2 Å². The van der Waals surface area contributed by atoms with Crippen molar-refractivity contribution >= 4 is 11.8 Å². The predicted octanol–water partition coefficient (Wildman–Crippen LogP) is 1.61. The summed E-state index contributed by atoms with van der Waals surface area (Å²) in [5.41, 5.74) is 0.688. The topological polar surface area (TPSA) is 58.7 Å². The van der Waals surface area contributed by atoms with E-state index >= 15 is 0 Å². The van der Waals surface area contributed by atoms with E-state index in [1.807, 2.05) is 35.0 Å². The first-order chi connectivity index (χ1) is 10.6. The number of hydrogen-bond donors (Lipinski definition) is 0. The van der Waals surface area contributed by atoms with Crippen molar-refractivity contribution in [2.24, 2.45) is 7.05 Å². The predicted molar refractivity (Wildman–Crippen MR) is 80.5 cm³/mol. The zero-order valence-corrected chi connectivity index (χ0v) is 12.6. The molecule has 22 heavy (non-hydrogen) atoms. The molecule has 1 fully saturated rings. The molecule has 0 radical (unpaired) electrons. The average molecular weight is 301 g/mol. The van der Waals surface area contributed by atoms with E-state index in [0.29, 0.717) is 37.5 Å². The van der Waals surface area contributed by atoms with Gasteiger partial charge in [0.15, 0.2) is 5.76 Å². The van der Waals surface area contributed by atoms with Crippen LogP contribution in [-0.2, 0) is 7.05 Å². The van der Waals surface area contributed by atoms with Crippen LogP contribution in [0.25, 0.3) is 0 Å². The third-order valence-electron chi connectivity index (χ3n) is 3.88. The van der Waals surface area contributed by atoms with Gasteiger partial charge in [0.1, 0.15) is 0 Å². The molecular weight excluding hydrogens is 282 g/mol. The molecule has 2 aromatic rings. The number of amides is 2. The van der Waals surface area contributed by atoms with Crippen molar-refractivity contribution in [1.29, 1.82) is 0 Å². The summed E-state index contributed by atoms with van der Waals surface area (Å²) in [6.07, 6.45) is 5.94. The summed E-state index contributed by atoms with van der Waals surface area (Å²) in [6.45, 7) is 2.37. The summed E-state index contributed by atoms with van der Waals surface area (Å²) >= 11 is 0. The van der Waals surface area contributed by atoms with Crippen LogP contribution in [0.1, 0.15) is 27.3 Å². The standard InChI is InChI=1S/C16H19N3O3/c1-17-8-5-13(12-17)15(20)18-6-3-7-19(10-9-18)16(21)14-4-2-11-22-14/h2,4-5,8,11-12H,3,6-7,9-10H2,1H3. The lowest BCUT2D eigenvalue weighted by molar-refractivity contribution is 0.0700. The summed E-state index contributed by atoms with van der Waals surface area (Å²) in [5.74, 6) is 0.259. The van der Waals surface area contributed by atoms with Crippen LogP contribution in [0.4, 0.5) is 0 Å². The SMILES string of the molecule is Cn1ccc(C(=O)N2CCCN(C(=O)c3ccco3)CC2)c1. The molecule has 1 aliphatic rings. The monoisotopic (exact) mass is 301 g/mol. The van der Waals surface area contributed by atoms with Gasteiger partial charge in [-0.1, -0.05) is 0 Å². The Morgan fingerprint density at radius 1 is 1.05 bits per heavy atom. The molecule has 2 aromatic heterocycles. The third-order valence-corrected chi connectivity index (χ3v) is 3.88. The van der Waals surface area contributed by atoms with E-state index in [-0.39, 0.29) is 11.8 Å². The summed E-state index contributed by atoms with van der Waals surface area (Å²) in [6, 6.07) is 5.19. The van der Waals surface area contributed by atoms with Gasteiger partial charge in [-0.3, -0.25) is 9.59 Å². The van der Waals surface area contributed by atoms with Crippen LogP contribution in [0.15, 0.2) is 41.3 Å². The van der Waals surface area contributed by atoms with Crippen molar-refractivity contribution < 1.29 is 14.0 Å². The molecule has 1 saturated heterocycles. The Morgan fingerprint density at radius 2 is 1.77 bits per heavy atom. The largest absolute Gasteiger partial charge is 0.459 e. The number of carbonyl (C=O) groups is 2. The Hall–Kier alpha value is -2.50. The number of hydrogen-bond acceptors (Lipinski definition) is 3. The first kappa shape index (κ1) is 14.4. The molecule has 0 unspecified atom stereocenters. The van der Waals surface area contributed by atoms with Crippen LogP contribution in [0.2, 0.25) is 0 Å². The van der Waals surface area contributed by atoms with E-state index < -0.39 is 0 Å². The molecule has 0 N–H and O–H groups in total. The molecule has 6 nitrogen and oxygen atoms in total. The number of carbonyl (C=O) groups excluding carboxylic acids is 2. The number of furan rings is 1. The van der Waals surface area contributed by atoms with Crippen molar-refractivity contribution in [2.75, 3.05) is 26.2 Å². The van der Waals surface area contributed by atoms with Crippen LogP contribution in [0.3, 0.4) is 0 Å². The molecular formula is C16H19N3O3. The van der Waals surface area contributed by atoms with Crippen LogP contribution in [0.5, 0.6) is 0 Å². The van der Waals surface area contributed by atoms with Gasteiger partial charge in [0.2, 0.25) is 0 Å². The summed E-state index contributed by atoms with van der Waals surface area (Å²) < 4.78 is 7.02. The number of aryl methyl sites for hydroxylation is 1. The minimum Gasteiger partial charge on any atom is -0.459 e. The van der Waals surface area contributed by atoms with Crippen molar-refractivity contribution in [3.8, 4) is 0 Å². The number of rotatable bonds is 2. The molecule has 0 aromatic carbocycles. The van der Waals surface area contributed by atoms with E-state index in [2.05, 4.69) is 0 Å². The lowest BCUT2D eigenvalue weighted by Gasteiger charge is -2.21. The molecule has 6 heteroatoms. The van der Waals surface area contributed by atoms with E-state index in [1.54, 1.807) is 17.0 Å². The average Bonchev–Trinajstić information content (AvgIpc) is 3.13. The highest BCUT2D eigenvalue weighted by Gasteiger charge is 2.24. The van der Waals surface area contributed by atoms with Crippen LogP contribution < -0.4 is 0 Å². The van der Waals surface area contributed by atoms with Gasteiger partial charge in [0, 0.05) is 45.6 Å². The molecule has 0 bridgehead atoms. The van der Waals surface area contributed by atoms with Crippen LogP contribution in [0, 0.1) is 0 Å². The van der Waals surface area contributed by atoms with E-state index in [9.17, 15) is 9.59 Å². The normalized spacial score (nSPS) is 15.7. The van der Waals surface area contributed by atoms with Crippen LogP contribution >= 0.6 is 0 Å². The molecule has 3 rings (SSSR count). The van der Waals surface area contributed by atoms with Gasteiger partial charge in [0.25, 0.3) is 11.8 Å². The van der Waals surface area contributed by atoms with E-state index in [1.165, 1.54) is 6.26 Å². The smallest absolute Gasteiger partial charge is 0.289 e. The quantitative estimate of drug-likeness (QED) is 0.846. The van der Waals surface area contributed by atoms with Gasteiger partial charge < -0.3 is 18.8 Å². The molecule has 2 amide bonds. The van der Waals surface area contributed by atoms with Crippen LogP contribution in [-0.4, -0.2) is 52.4 Å².